The van der Waals surface area contributed by atoms with Crippen molar-refractivity contribution in [3.8, 4) is 23.0 Å². The molecule has 0 saturated carbocycles. The Morgan fingerprint density at radius 2 is 1.83 bits per heavy atom. The molecule has 0 atom stereocenters. The van der Waals surface area contributed by atoms with E-state index in [1.54, 1.807) is 18.9 Å². The third kappa shape index (κ3) is 4.48. The molecule has 0 spiro atoms. The van der Waals surface area contributed by atoms with E-state index >= 15 is 0 Å². The van der Waals surface area contributed by atoms with Crippen molar-refractivity contribution in [2.24, 2.45) is 0 Å². The van der Waals surface area contributed by atoms with Crippen LogP contribution in [0.4, 0.5) is 4.79 Å². The molecule has 2 aromatic carbocycles. The highest BCUT2D eigenvalue weighted by molar-refractivity contribution is 5.75. The molecule has 150 valence electrons. The zero-order chi connectivity index (χ0) is 20.2. The van der Waals surface area contributed by atoms with Crippen LogP contribution in [-0.2, 0) is 6.54 Å². The van der Waals surface area contributed by atoms with Crippen molar-refractivity contribution in [3.63, 3.8) is 0 Å². The lowest BCUT2D eigenvalue weighted by Gasteiger charge is -2.38. The van der Waals surface area contributed by atoms with Gasteiger partial charge in [-0.15, -0.1) is 0 Å². The predicted octanol–water partition coefficient (Wildman–Crippen LogP) is 3.03. The van der Waals surface area contributed by atoms with Gasteiger partial charge in [-0.1, -0.05) is 17.3 Å². The average Bonchev–Trinajstić information content (AvgIpc) is 3.15. The van der Waals surface area contributed by atoms with E-state index < -0.39 is 0 Å². The van der Waals surface area contributed by atoms with Crippen LogP contribution >= 0.6 is 0 Å². The smallest absolute Gasteiger partial charge is 0.317 e. The number of aromatic nitrogens is 2. The molecule has 29 heavy (non-hydrogen) atoms. The number of hydrogen-bond acceptors (Lipinski definition) is 6. The number of methoxy groups -OCH3 is 1. The van der Waals surface area contributed by atoms with Gasteiger partial charge in [0.25, 0.3) is 5.89 Å². The number of nitrogens with zero attached hydrogens (tertiary/aromatic N) is 3. The van der Waals surface area contributed by atoms with Gasteiger partial charge in [0.1, 0.15) is 17.6 Å². The summed E-state index contributed by atoms with van der Waals surface area (Å²) in [4.78, 5) is 18.2. The van der Waals surface area contributed by atoms with Gasteiger partial charge in [-0.2, -0.15) is 4.98 Å². The molecule has 1 aliphatic rings. The van der Waals surface area contributed by atoms with Crippen molar-refractivity contribution in [3.05, 3.63) is 59.9 Å². The predicted molar refractivity (Wildman–Crippen MR) is 106 cm³/mol. The van der Waals surface area contributed by atoms with Crippen molar-refractivity contribution in [2.75, 3.05) is 20.2 Å². The molecule has 3 aromatic rings. The summed E-state index contributed by atoms with van der Waals surface area (Å²) < 4.78 is 16.2. The summed E-state index contributed by atoms with van der Waals surface area (Å²) in [6, 6.07) is 15.0. The lowest BCUT2D eigenvalue weighted by molar-refractivity contribution is 0.0443. The SMILES string of the molecule is COc1ccc(CNC(=O)N2CC(Oc3ccc(-c4nc(C)no4)cc3)C2)cc1. The maximum absolute atomic E-state index is 12.2. The second-order valence-electron chi connectivity index (χ2n) is 6.82. The van der Waals surface area contributed by atoms with Gasteiger partial charge < -0.3 is 24.2 Å². The molecule has 0 aliphatic carbocycles. The van der Waals surface area contributed by atoms with Gasteiger partial charge in [0.15, 0.2) is 5.82 Å². The van der Waals surface area contributed by atoms with Crippen molar-refractivity contribution in [2.45, 2.75) is 19.6 Å². The van der Waals surface area contributed by atoms with E-state index in [-0.39, 0.29) is 12.1 Å². The van der Waals surface area contributed by atoms with Crippen molar-refractivity contribution < 1.29 is 18.8 Å². The number of hydrogen-bond donors (Lipinski definition) is 1. The van der Waals surface area contributed by atoms with Gasteiger partial charge in [0, 0.05) is 12.1 Å². The Balaban J connectivity index is 1.21. The number of urea groups is 1. The molecule has 8 heteroatoms. The lowest BCUT2D eigenvalue weighted by Crippen LogP contribution is -2.58. The van der Waals surface area contributed by atoms with Crippen LogP contribution in [0.2, 0.25) is 0 Å². The topological polar surface area (TPSA) is 89.7 Å². The number of carbonyl (C=O) groups excluding carboxylic acids is 1. The second kappa shape index (κ2) is 8.22. The Kier molecular flexibility index (Phi) is 5.33. The van der Waals surface area contributed by atoms with Gasteiger partial charge in [-0.25, -0.2) is 4.79 Å². The molecule has 0 unspecified atom stereocenters. The fourth-order valence-electron chi connectivity index (χ4n) is 2.99. The number of likely N-dealkylation sites (tertiary alicyclic amines) is 1. The Bertz CT molecular complexity index is 963. The van der Waals surface area contributed by atoms with Gasteiger partial charge in [0.05, 0.1) is 20.2 Å². The van der Waals surface area contributed by atoms with Crippen LogP contribution in [0.3, 0.4) is 0 Å². The van der Waals surface area contributed by atoms with E-state index in [0.717, 1.165) is 22.6 Å². The highest BCUT2D eigenvalue weighted by atomic mass is 16.5. The summed E-state index contributed by atoms with van der Waals surface area (Å²) in [6.07, 6.45) is -0.0155. The fraction of sp³-hybridized carbons (Fsp3) is 0.286. The minimum absolute atomic E-state index is 0.0155. The van der Waals surface area contributed by atoms with Gasteiger partial charge in [0.2, 0.25) is 0 Å². The molecular weight excluding hydrogens is 372 g/mol. The first-order valence-corrected chi connectivity index (χ1v) is 9.34. The molecule has 1 aliphatic heterocycles. The summed E-state index contributed by atoms with van der Waals surface area (Å²) in [6.45, 7) is 3.36. The van der Waals surface area contributed by atoms with Crippen molar-refractivity contribution in [1.29, 1.82) is 0 Å². The van der Waals surface area contributed by atoms with E-state index in [9.17, 15) is 4.79 Å². The zero-order valence-corrected chi connectivity index (χ0v) is 16.3. The molecule has 2 heterocycles. The molecule has 1 N–H and O–H groups in total. The quantitative estimate of drug-likeness (QED) is 0.691. The van der Waals surface area contributed by atoms with Gasteiger partial charge >= 0.3 is 6.03 Å². The first-order chi connectivity index (χ1) is 14.1. The molecule has 2 amide bonds. The molecule has 4 rings (SSSR count). The van der Waals surface area contributed by atoms with Crippen LogP contribution in [0.1, 0.15) is 11.4 Å². The largest absolute Gasteiger partial charge is 0.497 e. The first-order valence-electron chi connectivity index (χ1n) is 9.34. The molecule has 0 radical (unpaired) electrons. The third-order valence-corrected chi connectivity index (χ3v) is 4.67. The minimum Gasteiger partial charge on any atom is -0.497 e. The molecule has 1 aromatic heterocycles. The van der Waals surface area contributed by atoms with Gasteiger partial charge in [-0.3, -0.25) is 0 Å². The third-order valence-electron chi connectivity index (χ3n) is 4.67. The summed E-state index contributed by atoms with van der Waals surface area (Å²) in [5.41, 5.74) is 1.86. The van der Waals surface area contributed by atoms with Gasteiger partial charge in [-0.05, 0) is 48.9 Å². The second-order valence-corrected chi connectivity index (χ2v) is 6.82. The molecule has 1 fully saturated rings. The standard InChI is InChI=1S/C21H22N4O4/c1-14-23-20(29-24-14)16-5-9-18(10-6-16)28-19-12-25(13-19)21(26)22-11-15-3-7-17(27-2)8-4-15/h3-10,19H,11-13H2,1-2H3,(H,22,26). The highest BCUT2D eigenvalue weighted by Gasteiger charge is 2.32. The zero-order valence-electron chi connectivity index (χ0n) is 16.3. The van der Waals surface area contributed by atoms with Crippen molar-refractivity contribution >= 4 is 6.03 Å². The van der Waals surface area contributed by atoms with Crippen LogP contribution in [0.5, 0.6) is 11.5 Å². The highest BCUT2D eigenvalue weighted by Crippen LogP contribution is 2.23. The number of amides is 2. The fourth-order valence-corrected chi connectivity index (χ4v) is 2.99. The van der Waals surface area contributed by atoms with Crippen LogP contribution in [0.25, 0.3) is 11.5 Å². The first kappa shape index (κ1) is 18.8. The number of ether oxygens (including phenoxy) is 2. The minimum atomic E-state index is -0.0946. The number of aryl methyl sites for hydroxylation is 1. The summed E-state index contributed by atoms with van der Waals surface area (Å²) in [5.74, 6) is 2.62. The van der Waals surface area contributed by atoms with E-state index in [2.05, 4.69) is 15.5 Å². The number of nitrogens with one attached hydrogen (secondary N) is 1. The number of rotatable bonds is 6. The van der Waals surface area contributed by atoms with Crippen LogP contribution < -0.4 is 14.8 Å². The maximum atomic E-state index is 12.2. The van der Waals surface area contributed by atoms with E-state index in [0.29, 0.717) is 31.3 Å². The number of benzene rings is 2. The van der Waals surface area contributed by atoms with E-state index in [1.165, 1.54) is 0 Å². The van der Waals surface area contributed by atoms with Crippen LogP contribution in [0, 0.1) is 6.92 Å². The van der Waals surface area contributed by atoms with Crippen LogP contribution in [0.15, 0.2) is 53.1 Å². The summed E-state index contributed by atoms with van der Waals surface area (Å²) >= 11 is 0. The van der Waals surface area contributed by atoms with E-state index in [4.69, 9.17) is 14.0 Å². The monoisotopic (exact) mass is 394 g/mol. The molecule has 8 nitrogen and oxygen atoms in total. The molecule has 1 saturated heterocycles. The molecule has 0 bridgehead atoms. The Morgan fingerprint density at radius 1 is 1.14 bits per heavy atom. The number of carbonyl (C=O) groups is 1. The average molecular weight is 394 g/mol. The Hall–Kier alpha value is -3.55. The van der Waals surface area contributed by atoms with Crippen LogP contribution in [-0.4, -0.2) is 47.4 Å². The Labute approximate surface area is 168 Å². The lowest BCUT2D eigenvalue weighted by atomic mass is 10.1. The maximum Gasteiger partial charge on any atom is 0.317 e. The Morgan fingerprint density at radius 3 is 2.45 bits per heavy atom. The summed E-state index contributed by atoms with van der Waals surface area (Å²) in [5, 5.41) is 6.70. The van der Waals surface area contributed by atoms with Crippen molar-refractivity contribution in [1.82, 2.24) is 20.4 Å². The summed E-state index contributed by atoms with van der Waals surface area (Å²) in [7, 11) is 1.63. The normalized spacial score (nSPS) is 13.7. The molecular formula is C21H22N4O4. The van der Waals surface area contributed by atoms with E-state index in [1.807, 2.05) is 48.5 Å².